The summed E-state index contributed by atoms with van der Waals surface area (Å²) in [7, 11) is 0. The van der Waals surface area contributed by atoms with Gasteiger partial charge < -0.3 is 9.47 Å². The Bertz CT molecular complexity index is 1390. The summed E-state index contributed by atoms with van der Waals surface area (Å²) in [5, 5.41) is 4.58. The molecule has 0 unspecified atom stereocenters. The number of nitrogens with one attached hydrogen (secondary N) is 1. The zero-order valence-electron chi connectivity index (χ0n) is 18.9. The number of hydrogen-bond acceptors (Lipinski definition) is 5. The fourth-order valence-electron chi connectivity index (χ4n) is 3.19. The van der Waals surface area contributed by atoms with Crippen LogP contribution in [-0.2, 0) is 6.61 Å². The average molecular weight is 564 g/mol. The maximum Gasteiger partial charge on any atom is 0.343 e. The van der Waals surface area contributed by atoms with Crippen molar-refractivity contribution in [3.8, 4) is 11.5 Å². The number of carbonyl (C=O) groups excluding carboxylic acids is 2. The van der Waals surface area contributed by atoms with Gasteiger partial charge in [-0.3, -0.25) is 4.79 Å². The molecule has 0 atom stereocenters. The van der Waals surface area contributed by atoms with Gasteiger partial charge in [0.05, 0.1) is 17.3 Å². The van der Waals surface area contributed by atoms with Crippen LogP contribution in [0.5, 0.6) is 11.5 Å². The van der Waals surface area contributed by atoms with Crippen molar-refractivity contribution in [3.63, 3.8) is 0 Å². The van der Waals surface area contributed by atoms with E-state index in [0.29, 0.717) is 39.8 Å². The Morgan fingerprint density at radius 2 is 1.61 bits per heavy atom. The van der Waals surface area contributed by atoms with Crippen molar-refractivity contribution in [2.24, 2.45) is 5.10 Å². The highest BCUT2D eigenvalue weighted by Gasteiger charge is 2.14. The van der Waals surface area contributed by atoms with Crippen molar-refractivity contribution in [1.29, 1.82) is 0 Å². The van der Waals surface area contributed by atoms with Gasteiger partial charge in [0.25, 0.3) is 5.91 Å². The molecular formula is C28H20BrClN2O4. The summed E-state index contributed by atoms with van der Waals surface area (Å²) < 4.78 is 12.1. The van der Waals surface area contributed by atoms with Crippen molar-refractivity contribution in [2.45, 2.75) is 6.61 Å². The second-order valence-corrected chi connectivity index (χ2v) is 8.90. The normalized spacial score (nSPS) is 10.7. The Hall–Kier alpha value is -3.94. The number of hydrazone groups is 1. The zero-order chi connectivity index (χ0) is 25.3. The van der Waals surface area contributed by atoms with Gasteiger partial charge in [-0.2, -0.15) is 5.10 Å². The summed E-state index contributed by atoms with van der Waals surface area (Å²) in [6, 6.07) is 28.1. The molecule has 0 spiro atoms. The van der Waals surface area contributed by atoms with Crippen molar-refractivity contribution in [3.05, 3.63) is 129 Å². The highest BCUT2D eigenvalue weighted by atomic mass is 79.9. The molecule has 0 saturated carbocycles. The van der Waals surface area contributed by atoms with Gasteiger partial charge in [-0.15, -0.1) is 0 Å². The van der Waals surface area contributed by atoms with Gasteiger partial charge in [-0.25, -0.2) is 10.2 Å². The first-order chi connectivity index (χ1) is 17.5. The lowest BCUT2D eigenvalue weighted by molar-refractivity contribution is 0.0734. The Labute approximate surface area is 221 Å². The van der Waals surface area contributed by atoms with Crippen LogP contribution in [0, 0.1) is 0 Å². The van der Waals surface area contributed by atoms with Gasteiger partial charge in [0.2, 0.25) is 0 Å². The van der Waals surface area contributed by atoms with Gasteiger partial charge in [0, 0.05) is 15.1 Å². The van der Waals surface area contributed by atoms with E-state index in [4.69, 9.17) is 21.1 Å². The van der Waals surface area contributed by atoms with E-state index in [1.807, 2.05) is 30.3 Å². The van der Waals surface area contributed by atoms with Crippen LogP contribution in [0.3, 0.4) is 0 Å². The van der Waals surface area contributed by atoms with E-state index >= 15 is 0 Å². The number of ether oxygens (including phenoxy) is 2. The van der Waals surface area contributed by atoms with E-state index in [0.717, 1.165) is 10.0 Å². The standard InChI is InChI=1S/C28H20BrClN2O4/c29-22-12-15-26(35-18-19-6-2-1-3-7-19)24(16-22)27(33)32-31-17-21-8-4-5-9-25(21)36-28(34)20-10-13-23(30)14-11-20/h1-17H,18H2,(H,32,33)/b31-17-. The Kier molecular flexibility index (Phi) is 8.49. The quantitative estimate of drug-likeness (QED) is 0.112. The summed E-state index contributed by atoms with van der Waals surface area (Å²) in [5.74, 6) is -0.269. The topological polar surface area (TPSA) is 77.0 Å². The van der Waals surface area contributed by atoms with E-state index in [2.05, 4.69) is 26.5 Å². The first-order valence-electron chi connectivity index (χ1n) is 10.9. The highest BCUT2D eigenvalue weighted by molar-refractivity contribution is 9.10. The lowest BCUT2D eigenvalue weighted by atomic mass is 10.2. The number of para-hydroxylation sites is 1. The second-order valence-electron chi connectivity index (χ2n) is 7.55. The SMILES string of the molecule is O=C(Oc1ccccc1/C=N\NC(=O)c1cc(Br)ccc1OCc1ccccc1)c1ccc(Cl)cc1. The maximum absolute atomic E-state index is 12.9. The molecule has 0 aromatic heterocycles. The molecule has 0 aliphatic rings. The molecule has 4 aromatic carbocycles. The number of halogens is 2. The molecule has 0 radical (unpaired) electrons. The number of hydrogen-bond donors (Lipinski definition) is 1. The van der Waals surface area contributed by atoms with E-state index in [1.165, 1.54) is 6.21 Å². The van der Waals surface area contributed by atoms with Gasteiger partial charge in [0.1, 0.15) is 18.1 Å². The van der Waals surface area contributed by atoms with Crippen LogP contribution in [0.15, 0.2) is 107 Å². The largest absolute Gasteiger partial charge is 0.488 e. The number of esters is 1. The van der Waals surface area contributed by atoms with Crippen LogP contribution in [0.1, 0.15) is 31.8 Å². The van der Waals surface area contributed by atoms with Crippen molar-refractivity contribution in [2.75, 3.05) is 0 Å². The number of nitrogens with zero attached hydrogens (tertiary/aromatic N) is 1. The summed E-state index contributed by atoms with van der Waals surface area (Å²) in [6.45, 7) is 0.318. The minimum atomic E-state index is -0.536. The zero-order valence-corrected chi connectivity index (χ0v) is 21.2. The molecule has 0 heterocycles. The summed E-state index contributed by atoms with van der Waals surface area (Å²) in [4.78, 5) is 25.4. The summed E-state index contributed by atoms with van der Waals surface area (Å²) in [6.07, 6.45) is 1.41. The molecule has 1 amide bonds. The Morgan fingerprint density at radius 3 is 2.39 bits per heavy atom. The molecule has 36 heavy (non-hydrogen) atoms. The smallest absolute Gasteiger partial charge is 0.343 e. The number of benzene rings is 4. The third-order valence-corrected chi connectivity index (χ3v) is 5.74. The third-order valence-electron chi connectivity index (χ3n) is 4.99. The highest BCUT2D eigenvalue weighted by Crippen LogP contribution is 2.24. The Morgan fingerprint density at radius 1 is 0.889 bits per heavy atom. The minimum Gasteiger partial charge on any atom is -0.488 e. The van der Waals surface area contributed by atoms with Crippen molar-refractivity contribution >= 4 is 45.6 Å². The molecule has 8 heteroatoms. The summed E-state index contributed by atoms with van der Waals surface area (Å²) in [5.41, 5.74) is 4.67. The molecule has 4 rings (SSSR count). The average Bonchev–Trinajstić information content (AvgIpc) is 2.89. The van der Waals surface area contributed by atoms with Crippen molar-refractivity contribution in [1.82, 2.24) is 5.43 Å². The summed E-state index contributed by atoms with van der Waals surface area (Å²) >= 11 is 9.27. The number of rotatable bonds is 8. The molecule has 0 saturated heterocycles. The van der Waals surface area contributed by atoms with Crippen LogP contribution in [-0.4, -0.2) is 18.1 Å². The van der Waals surface area contributed by atoms with Crippen LogP contribution >= 0.6 is 27.5 Å². The molecule has 0 aliphatic heterocycles. The predicted octanol–water partition coefficient (Wildman–Crippen LogP) is 6.66. The molecule has 0 aliphatic carbocycles. The monoisotopic (exact) mass is 562 g/mol. The predicted molar refractivity (Wildman–Crippen MR) is 143 cm³/mol. The minimum absolute atomic E-state index is 0.296. The van der Waals surface area contributed by atoms with E-state index in [1.54, 1.807) is 66.7 Å². The van der Waals surface area contributed by atoms with Gasteiger partial charge in [-0.05, 0) is 60.2 Å². The first-order valence-corrected chi connectivity index (χ1v) is 12.0. The maximum atomic E-state index is 12.9. The Balaban J connectivity index is 1.44. The third kappa shape index (κ3) is 6.81. The van der Waals surface area contributed by atoms with Gasteiger partial charge in [-0.1, -0.05) is 70.0 Å². The van der Waals surface area contributed by atoms with Crippen LogP contribution < -0.4 is 14.9 Å². The molecule has 1 N–H and O–H groups in total. The van der Waals surface area contributed by atoms with Crippen molar-refractivity contribution < 1.29 is 19.1 Å². The first kappa shape index (κ1) is 25.2. The van der Waals surface area contributed by atoms with E-state index in [9.17, 15) is 9.59 Å². The molecular weight excluding hydrogens is 544 g/mol. The second kappa shape index (κ2) is 12.2. The molecule has 0 bridgehead atoms. The van der Waals surface area contributed by atoms with Gasteiger partial charge in [0.15, 0.2) is 0 Å². The van der Waals surface area contributed by atoms with Crippen LogP contribution in [0.2, 0.25) is 5.02 Å². The molecule has 0 fully saturated rings. The lowest BCUT2D eigenvalue weighted by Gasteiger charge is -2.11. The fraction of sp³-hybridized carbons (Fsp3) is 0.0357. The van der Waals surface area contributed by atoms with Gasteiger partial charge >= 0.3 is 5.97 Å². The van der Waals surface area contributed by atoms with Crippen LogP contribution in [0.25, 0.3) is 0 Å². The number of carbonyl (C=O) groups is 2. The van der Waals surface area contributed by atoms with E-state index in [-0.39, 0.29) is 0 Å². The van der Waals surface area contributed by atoms with E-state index < -0.39 is 11.9 Å². The molecule has 6 nitrogen and oxygen atoms in total. The van der Waals surface area contributed by atoms with Crippen LogP contribution in [0.4, 0.5) is 0 Å². The molecule has 180 valence electrons. The fourth-order valence-corrected chi connectivity index (χ4v) is 3.67. The lowest BCUT2D eigenvalue weighted by Crippen LogP contribution is -2.19. The number of amides is 1. The molecule has 4 aromatic rings.